The molecule has 0 aliphatic rings. The van der Waals surface area contributed by atoms with Crippen LogP contribution >= 0.6 is 11.8 Å². The van der Waals surface area contributed by atoms with Crippen molar-refractivity contribution in [3.8, 4) is 5.69 Å². The molecule has 134 valence electrons. The lowest BCUT2D eigenvalue weighted by atomic mass is 10.1. The van der Waals surface area contributed by atoms with Crippen LogP contribution in [0.15, 0.2) is 41.6 Å². The number of nitrogens with one attached hydrogen (secondary N) is 1. The van der Waals surface area contributed by atoms with Gasteiger partial charge in [-0.2, -0.15) is 4.68 Å². The second kappa shape index (κ2) is 7.70. The Morgan fingerprint density at radius 3 is 2.46 bits per heavy atom. The first-order chi connectivity index (χ1) is 12.4. The lowest BCUT2D eigenvalue weighted by Gasteiger charge is -2.08. The molecule has 0 aliphatic carbocycles. The molecule has 0 spiro atoms. The zero-order valence-electron chi connectivity index (χ0n) is 15.3. The number of anilines is 1. The fourth-order valence-corrected chi connectivity index (χ4v) is 3.34. The lowest BCUT2D eigenvalue weighted by Crippen LogP contribution is -2.14. The number of thioether (sulfide) groups is 1. The maximum Gasteiger partial charge on any atom is 0.234 e. The normalized spacial score (nSPS) is 10.8. The van der Waals surface area contributed by atoms with Gasteiger partial charge >= 0.3 is 0 Å². The zero-order valence-corrected chi connectivity index (χ0v) is 16.1. The predicted octanol–water partition coefficient (Wildman–Crippen LogP) is 3.63. The summed E-state index contributed by atoms with van der Waals surface area (Å²) in [5.74, 6) is 0.145. The Hall–Kier alpha value is -2.67. The van der Waals surface area contributed by atoms with Crippen LogP contribution in [0.3, 0.4) is 0 Å². The summed E-state index contributed by atoms with van der Waals surface area (Å²) in [7, 11) is 0. The zero-order chi connectivity index (χ0) is 18.7. The summed E-state index contributed by atoms with van der Waals surface area (Å²) in [5, 5.41) is 15.3. The molecule has 1 N–H and O–H groups in total. The van der Waals surface area contributed by atoms with Crippen LogP contribution < -0.4 is 5.32 Å². The molecule has 7 heteroatoms. The molecule has 0 atom stereocenters. The molecule has 1 amide bonds. The number of tetrazole rings is 1. The number of hydrogen-bond acceptors (Lipinski definition) is 5. The molecule has 0 radical (unpaired) electrons. The Morgan fingerprint density at radius 2 is 1.77 bits per heavy atom. The van der Waals surface area contributed by atoms with E-state index in [4.69, 9.17) is 0 Å². The van der Waals surface area contributed by atoms with Crippen molar-refractivity contribution in [1.29, 1.82) is 0 Å². The monoisotopic (exact) mass is 367 g/mol. The fraction of sp³-hybridized carbons (Fsp3) is 0.263. The van der Waals surface area contributed by atoms with E-state index < -0.39 is 0 Å². The average molecular weight is 367 g/mol. The van der Waals surface area contributed by atoms with Gasteiger partial charge in [0.2, 0.25) is 11.1 Å². The van der Waals surface area contributed by atoms with Crippen LogP contribution in [0, 0.1) is 27.7 Å². The summed E-state index contributed by atoms with van der Waals surface area (Å²) < 4.78 is 1.66. The van der Waals surface area contributed by atoms with E-state index in [9.17, 15) is 4.79 Å². The van der Waals surface area contributed by atoms with Gasteiger partial charge in [0.05, 0.1) is 11.4 Å². The number of rotatable bonds is 5. The quantitative estimate of drug-likeness (QED) is 0.697. The van der Waals surface area contributed by atoms with Crippen molar-refractivity contribution in [2.75, 3.05) is 11.1 Å². The van der Waals surface area contributed by atoms with Gasteiger partial charge in [0.15, 0.2) is 0 Å². The Bertz CT molecular complexity index is 931. The van der Waals surface area contributed by atoms with E-state index in [1.54, 1.807) is 4.68 Å². The number of carbonyl (C=O) groups excluding carboxylic acids is 1. The molecular weight excluding hydrogens is 346 g/mol. The van der Waals surface area contributed by atoms with E-state index >= 15 is 0 Å². The minimum Gasteiger partial charge on any atom is -0.325 e. The molecule has 0 saturated heterocycles. The van der Waals surface area contributed by atoms with E-state index in [-0.39, 0.29) is 11.7 Å². The molecule has 3 rings (SSSR count). The summed E-state index contributed by atoms with van der Waals surface area (Å²) in [6.45, 7) is 8.14. The van der Waals surface area contributed by atoms with Crippen LogP contribution in [0.4, 0.5) is 5.69 Å². The summed E-state index contributed by atoms with van der Waals surface area (Å²) in [6.07, 6.45) is 0. The van der Waals surface area contributed by atoms with Crippen molar-refractivity contribution in [3.05, 3.63) is 58.7 Å². The Morgan fingerprint density at radius 1 is 1.04 bits per heavy atom. The van der Waals surface area contributed by atoms with Crippen molar-refractivity contribution in [2.45, 2.75) is 32.9 Å². The number of nitrogens with zero attached hydrogens (tertiary/aromatic N) is 4. The first-order valence-electron chi connectivity index (χ1n) is 8.29. The van der Waals surface area contributed by atoms with E-state index in [2.05, 4.69) is 26.9 Å². The molecule has 0 fully saturated rings. The molecule has 1 aromatic heterocycles. The molecule has 26 heavy (non-hydrogen) atoms. The highest BCUT2D eigenvalue weighted by atomic mass is 32.2. The largest absolute Gasteiger partial charge is 0.325 e. The van der Waals surface area contributed by atoms with Gasteiger partial charge in [-0.1, -0.05) is 23.9 Å². The Labute approximate surface area is 157 Å². The van der Waals surface area contributed by atoms with Gasteiger partial charge < -0.3 is 5.32 Å². The van der Waals surface area contributed by atoms with Gasteiger partial charge in [-0.15, -0.1) is 5.10 Å². The van der Waals surface area contributed by atoms with Gasteiger partial charge in [0.1, 0.15) is 0 Å². The van der Waals surface area contributed by atoms with Crippen LogP contribution in [0.5, 0.6) is 0 Å². The number of amides is 1. The van der Waals surface area contributed by atoms with E-state index in [0.29, 0.717) is 5.16 Å². The summed E-state index contributed by atoms with van der Waals surface area (Å²) in [4.78, 5) is 12.3. The van der Waals surface area contributed by atoms with Gasteiger partial charge in [0.25, 0.3) is 0 Å². The van der Waals surface area contributed by atoms with E-state index in [1.807, 2.05) is 58.0 Å². The van der Waals surface area contributed by atoms with Crippen LogP contribution in [0.25, 0.3) is 5.69 Å². The Kier molecular flexibility index (Phi) is 5.37. The number of aryl methyl sites for hydroxylation is 4. The van der Waals surface area contributed by atoms with Gasteiger partial charge in [-0.25, -0.2) is 0 Å². The van der Waals surface area contributed by atoms with Crippen LogP contribution in [-0.2, 0) is 4.79 Å². The van der Waals surface area contributed by atoms with Crippen molar-refractivity contribution >= 4 is 23.4 Å². The molecule has 0 aliphatic heterocycles. The van der Waals surface area contributed by atoms with Crippen molar-refractivity contribution < 1.29 is 4.79 Å². The molecule has 3 aromatic rings. The Balaban J connectivity index is 1.68. The third-order valence-corrected chi connectivity index (χ3v) is 4.93. The summed E-state index contributed by atoms with van der Waals surface area (Å²) >= 11 is 1.31. The number of carbonyl (C=O) groups is 1. The van der Waals surface area contributed by atoms with E-state index in [1.165, 1.54) is 17.3 Å². The highest BCUT2D eigenvalue weighted by Crippen LogP contribution is 2.21. The van der Waals surface area contributed by atoms with Crippen molar-refractivity contribution in [2.24, 2.45) is 0 Å². The molecule has 0 saturated carbocycles. The highest BCUT2D eigenvalue weighted by molar-refractivity contribution is 7.99. The molecular formula is C19H21N5OS. The van der Waals surface area contributed by atoms with Crippen LogP contribution in [0.2, 0.25) is 0 Å². The fourth-order valence-electron chi connectivity index (χ4n) is 2.65. The molecule has 1 heterocycles. The number of hydrogen-bond donors (Lipinski definition) is 1. The van der Waals surface area contributed by atoms with Gasteiger partial charge in [-0.05, 0) is 84.6 Å². The number of aromatic nitrogens is 4. The first kappa shape index (κ1) is 18.1. The third-order valence-electron chi connectivity index (χ3n) is 4.01. The minimum atomic E-state index is -0.0896. The predicted molar refractivity (Wildman–Crippen MR) is 104 cm³/mol. The topological polar surface area (TPSA) is 72.7 Å². The molecule has 6 nitrogen and oxygen atoms in total. The van der Waals surface area contributed by atoms with E-state index in [0.717, 1.165) is 28.1 Å². The van der Waals surface area contributed by atoms with Crippen LogP contribution in [-0.4, -0.2) is 31.9 Å². The first-order valence-corrected chi connectivity index (χ1v) is 9.28. The second-order valence-corrected chi connectivity index (χ2v) is 7.30. The average Bonchev–Trinajstić information content (AvgIpc) is 3.04. The van der Waals surface area contributed by atoms with Crippen LogP contribution in [0.1, 0.15) is 22.3 Å². The van der Waals surface area contributed by atoms with Crippen molar-refractivity contribution in [1.82, 2.24) is 20.2 Å². The highest BCUT2D eigenvalue weighted by Gasteiger charge is 2.12. The molecule has 2 aromatic carbocycles. The molecule has 0 bridgehead atoms. The summed E-state index contributed by atoms with van der Waals surface area (Å²) in [5.41, 5.74) is 6.31. The SMILES string of the molecule is Cc1cc(C)cc(-n2nnnc2SCC(=O)Nc2ccc(C)c(C)c2)c1. The van der Waals surface area contributed by atoms with Crippen molar-refractivity contribution in [3.63, 3.8) is 0 Å². The minimum absolute atomic E-state index is 0.0896. The number of benzene rings is 2. The maximum atomic E-state index is 12.3. The lowest BCUT2D eigenvalue weighted by molar-refractivity contribution is -0.113. The molecule has 0 unspecified atom stereocenters. The van der Waals surface area contributed by atoms with Gasteiger partial charge in [0, 0.05) is 5.69 Å². The van der Waals surface area contributed by atoms with Gasteiger partial charge in [-0.3, -0.25) is 4.79 Å². The third kappa shape index (κ3) is 4.29. The second-order valence-electron chi connectivity index (χ2n) is 6.36. The maximum absolute atomic E-state index is 12.3. The summed E-state index contributed by atoms with van der Waals surface area (Å²) in [6, 6.07) is 12.0. The standard InChI is InChI=1S/C19H21N5OS/c1-12-7-13(2)9-17(8-12)24-19(21-22-23-24)26-11-18(25)20-16-6-5-14(3)15(4)10-16/h5-10H,11H2,1-4H3,(H,20,25). The smallest absolute Gasteiger partial charge is 0.234 e.